The maximum atomic E-state index is 4.37. The van der Waals surface area contributed by atoms with Gasteiger partial charge in [-0.05, 0) is 32.3 Å². The molecule has 0 fully saturated rings. The Hall–Kier alpha value is -1.31. The van der Waals surface area contributed by atoms with Gasteiger partial charge in [0.25, 0.3) is 0 Å². The van der Waals surface area contributed by atoms with E-state index in [1.54, 1.807) is 0 Å². The smallest absolute Gasteiger partial charge is 0.132 e. The number of nitrogens with zero attached hydrogens (tertiary/aromatic N) is 1. The second-order valence-corrected chi connectivity index (χ2v) is 4.19. The van der Waals surface area contributed by atoms with E-state index in [1.807, 2.05) is 20.0 Å². The van der Waals surface area contributed by atoms with Gasteiger partial charge in [0.1, 0.15) is 5.84 Å². The van der Waals surface area contributed by atoms with Crippen LogP contribution < -0.4 is 5.32 Å². The fourth-order valence-corrected chi connectivity index (χ4v) is 0.767. The molecule has 0 aliphatic heterocycles. The van der Waals surface area contributed by atoms with Crippen molar-refractivity contribution in [2.24, 2.45) is 10.9 Å². The van der Waals surface area contributed by atoms with Crippen molar-refractivity contribution in [2.75, 3.05) is 0 Å². The molecule has 0 aromatic carbocycles. The number of rotatable bonds is 4. The fraction of sp³-hybridized carbons (Fsp3) is 0.462. The van der Waals surface area contributed by atoms with Crippen molar-refractivity contribution in [3.8, 4) is 0 Å². The summed E-state index contributed by atoms with van der Waals surface area (Å²) in [7, 11) is 0. The van der Waals surface area contributed by atoms with E-state index in [0.29, 0.717) is 5.92 Å². The molecular weight excluding hydrogens is 184 g/mol. The summed E-state index contributed by atoms with van der Waals surface area (Å²) in [6.45, 7) is 17.8. The lowest BCUT2D eigenvalue weighted by molar-refractivity contribution is 0.766. The summed E-state index contributed by atoms with van der Waals surface area (Å²) >= 11 is 0. The molecule has 0 aromatic heterocycles. The van der Waals surface area contributed by atoms with Crippen LogP contribution >= 0.6 is 0 Å². The Morgan fingerprint density at radius 3 is 2.07 bits per heavy atom. The van der Waals surface area contributed by atoms with Crippen molar-refractivity contribution in [1.82, 2.24) is 5.32 Å². The van der Waals surface area contributed by atoms with Gasteiger partial charge in [-0.1, -0.05) is 32.6 Å². The molecule has 0 atom stereocenters. The summed E-state index contributed by atoms with van der Waals surface area (Å²) in [6, 6.07) is 0. The van der Waals surface area contributed by atoms with Gasteiger partial charge in [-0.3, -0.25) is 0 Å². The molecule has 0 heterocycles. The standard InChI is InChI=1S/C13H22N2/c1-9(2)12(7)8-14-13(10(3)4)15-11(5)6/h8-9H,3,5H2,1-2,4,6-7H3,(H,14,15)/b12-8+. The van der Waals surface area contributed by atoms with Crippen LogP contribution in [-0.4, -0.2) is 5.84 Å². The van der Waals surface area contributed by atoms with E-state index in [2.05, 4.69) is 44.2 Å². The maximum Gasteiger partial charge on any atom is 0.132 e. The Balaban J connectivity index is 4.78. The lowest BCUT2D eigenvalue weighted by atomic mass is 10.1. The van der Waals surface area contributed by atoms with Gasteiger partial charge < -0.3 is 5.32 Å². The largest absolute Gasteiger partial charge is 0.344 e. The summed E-state index contributed by atoms with van der Waals surface area (Å²) in [4.78, 5) is 4.37. The van der Waals surface area contributed by atoms with Gasteiger partial charge in [-0.15, -0.1) is 0 Å². The highest BCUT2D eigenvalue weighted by Crippen LogP contribution is 2.08. The zero-order valence-electron chi connectivity index (χ0n) is 10.5. The molecular formula is C13H22N2. The molecule has 0 amide bonds. The monoisotopic (exact) mass is 206 g/mol. The summed E-state index contributed by atoms with van der Waals surface area (Å²) in [5.74, 6) is 1.30. The molecule has 0 aromatic rings. The molecule has 0 spiro atoms. The molecule has 84 valence electrons. The highest BCUT2D eigenvalue weighted by molar-refractivity contribution is 5.98. The Bertz CT molecular complexity index is 306. The van der Waals surface area contributed by atoms with Crippen LogP contribution in [0.2, 0.25) is 0 Å². The van der Waals surface area contributed by atoms with E-state index >= 15 is 0 Å². The van der Waals surface area contributed by atoms with Crippen LogP contribution in [0.4, 0.5) is 0 Å². The van der Waals surface area contributed by atoms with E-state index in [4.69, 9.17) is 0 Å². The Labute approximate surface area is 93.5 Å². The van der Waals surface area contributed by atoms with Crippen LogP contribution in [0.15, 0.2) is 41.2 Å². The van der Waals surface area contributed by atoms with Gasteiger partial charge in [-0.2, -0.15) is 0 Å². The number of aliphatic imine (C=N–C) groups is 1. The van der Waals surface area contributed by atoms with Crippen molar-refractivity contribution < 1.29 is 0 Å². The highest BCUT2D eigenvalue weighted by atomic mass is 15.0. The topological polar surface area (TPSA) is 24.4 Å². The number of nitrogens with one attached hydrogen (secondary N) is 1. The second kappa shape index (κ2) is 6.23. The number of hydrogen-bond donors (Lipinski definition) is 1. The molecule has 2 heteroatoms. The average molecular weight is 206 g/mol. The van der Waals surface area contributed by atoms with Gasteiger partial charge in [-0.25, -0.2) is 4.99 Å². The van der Waals surface area contributed by atoms with Crippen LogP contribution in [0.3, 0.4) is 0 Å². The lowest BCUT2D eigenvalue weighted by Crippen LogP contribution is -2.21. The summed E-state index contributed by atoms with van der Waals surface area (Å²) < 4.78 is 0. The Morgan fingerprint density at radius 2 is 1.73 bits per heavy atom. The average Bonchev–Trinajstić information content (AvgIpc) is 2.10. The van der Waals surface area contributed by atoms with Gasteiger partial charge in [0.2, 0.25) is 0 Å². The number of amidine groups is 1. The van der Waals surface area contributed by atoms with E-state index in [-0.39, 0.29) is 0 Å². The number of allylic oxidation sites excluding steroid dienone is 2. The molecule has 0 unspecified atom stereocenters. The molecule has 0 radical (unpaired) electrons. The summed E-state index contributed by atoms with van der Waals surface area (Å²) in [5, 5.41) is 3.08. The molecule has 2 nitrogen and oxygen atoms in total. The quantitative estimate of drug-likeness (QED) is 0.551. The molecule has 0 aliphatic rings. The molecule has 0 bridgehead atoms. The van der Waals surface area contributed by atoms with E-state index in [1.165, 1.54) is 5.57 Å². The third-order valence-corrected chi connectivity index (χ3v) is 2.04. The van der Waals surface area contributed by atoms with Crippen LogP contribution in [0.1, 0.15) is 34.6 Å². The predicted octanol–water partition coefficient (Wildman–Crippen LogP) is 3.64. The minimum Gasteiger partial charge on any atom is -0.344 e. The zero-order chi connectivity index (χ0) is 12.0. The Morgan fingerprint density at radius 1 is 1.20 bits per heavy atom. The molecule has 0 saturated carbocycles. The SMILES string of the molecule is C=C(C)NC(=N/C=C(\C)C(C)C)C(=C)C. The van der Waals surface area contributed by atoms with E-state index in [9.17, 15) is 0 Å². The first-order valence-electron chi connectivity index (χ1n) is 5.17. The van der Waals surface area contributed by atoms with Crippen molar-refractivity contribution in [3.05, 3.63) is 36.2 Å². The van der Waals surface area contributed by atoms with Crippen molar-refractivity contribution in [1.29, 1.82) is 0 Å². The first-order valence-corrected chi connectivity index (χ1v) is 5.17. The highest BCUT2D eigenvalue weighted by Gasteiger charge is 1.99. The molecule has 0 saturated heterocycles. The molecule has 1 N–H and O–H groups in total. The predicted molar refractivity (Wildman–Crippen MR) is 68.8 cm³/mol. The van der Waals surface area contributed by atoms with Crippen LogP contribution in [0, 0.1) is 5.92 Å². The van der Waals surface area contributed by atoms with Gasteiger partial charge in [0, 0.05) is 11.9 Å². The second-order valence-electron chi connectivity index (χ2n) is 4.19. The van der Waals surface area contributed by atoms with Gasteiger partial charge in [0.05, 0.1) is 0 Å². The van der Waals surface area contributed by atoms with Crippen molar-refractivity contribution >= 4 is 5.84 Å². The molecule has 15 heavy (non-hydrogen) atoms. The van der Waals surface area contributed by atoms with Crippen LogP contribution in [-0.2, 0) is 0 Å². The van der Waals surface area contributed by atoms with E-state index < -0.39 is 0 Å². The van der Waals surface area contributed by atoms with Gasteiger partial charge in [0.15, 0.2) is 0 Å². The normalized spacial score (nSPS) is 12.9. The maximum absolute atomic E-state index is 4.37. The third kappa shape index (κ3) is 5.89. The van der Waals surface area contributed by atoms with Crippen LogP contribution in [0.25, 0.3) is 0 Å². The van der Waals surface area contributed by atoms with Gasteiger partial charge >= 0.3 is 0 Å². The minimum atomic E-state index is 0.518. The minimum absolute atomic E-state index is 0.518. The van der Waals surface area contributed by atoms with Crippen molar-refractivity contribution in [2.45, 2.75) is 34.6 Å². The van der Waals surface area contributed by atoms with E-state index in [0.717, 1.165) is 17.1 Å². The zero-order valence-corrected chi connectivity index (χ0v) is 10.5. The Kier molecular flexibility index (Phi) is 5.68. The lowest BCUT2D eigenvalue weighted by Gasteiger charge is -2.08. The fourth-order valence-electron chi connectivity index (χ4n) is 0.767. The van der Waals surface area contributed by atoms with Crippen LogP contribution in [0.5, 0.6) is 0 Å². The molecule has 0 rings (SSSR count). The number of hydrogen-bond acceptors (Lipinski definition) is 1. The first-order chi connectivity index (χ1) is 6.84. The summed E-state index contributed by atoms with van der Waals surface area (Å²) in [6.07, 6.45) is 1.88. The third-order valence-electron chi connectivity index (χ3n) is 2.04. The first kappa shape index (κ1) is 13.7. The summed E-state index contributed by atoms with van der Waals surface area (Å²) in [5.41, 5.74) is 3.02. The van der Waals surface area contributed by atoms with Crippen molar-refractivity contribution in [3.63, 3.8) is 0 Å². The molecule has 0 aliphatic carbocycles.